The molecule has 8 nitrogen and oxygen atoms in total. The second-order valence-electron chi connectivity index (χ2n) is 6.13. The van der Waals surface area contributed by atoms with Crippen molar-refractivity contribution in [3.8, 4) is 5.75 Å². The third-order valence-corrected chi connectivity index (χ3v) is 4.88. The van der Waals surface area contributed by atoms with Gasteiger partial charge in [-0.05, 0) is 43.7 Å². The summed E-state index contributed by atoms with van der Waals surface area (Å²) < 4.78 is 6.67. The van der Waals surface area contributed by atoms with E-state index in [1.165, 1.54) is 16.4 Å². The number of aromatic nitrogens is 3. The minimum atomic E-state index is 0.000953. The number of carbonyl (C=O) groups is 1. The Balaban J connectivity index is 1.54. The number of Topliss-reactive ketones (excluding diaryl/α,β-unsaturated/α-hetero) is 1. The maximum Gasteiger partial charge on any atom is 0.264 e. The Kier molecular flexibility index (Phi) is 6.85. The van der Waals surface area contributed by atoms with E-state index < -0.39 is 0 Å². The van der Waals surface area contributed by atoms with Crippen molar-refractivity contribution in [1.82, 2.24) is 14.9 Å². The number of anilines is 1. The third-order valence-electron chi connectivity index (χ3n) is 3.94. The van der Waals surface area contributed by atoms with E-state index in [0.717, 1.165) is 16.9 Å². The van der Waals surface area contributed by atoms with E-state index >= 15 is 0 Å². The first-order chi connectivity index (χ1) is 14.1. The first kappa shape index (κ1) is 20.4. The number of hydrazone groups is 1. The van der Waals surface area contributed by atoms with Crippen LogP contribution in [0, 0.1) is 6.92 Å². The average molecular weight is 411 g/mol. The van der Waals surface area contributed by atoms with Gasteiger partial charge in [0.2, 0.25) is 5.16 Å². The number of hydrogen-bond acceptors (Lipinski definition) is 8. The minimum Gasteiger partial charge on any atom is -0.494 e. The number of nitrogens with zero attached hydrogens (tertiary/aromatic N) is 4. The Hall–Kier alpha value is -3.33. The topological polar surface area (TPSA) is 107 Å². The van der Waals surface area contributed by atoms with Crippen LogP contribution in [-0.4, -0.2) is 39.2 Å². The van der Waals surface area contributed by atoms with Crippen molar-refractivity contribution in [3.63, 3.8) is 0 Å². The molecule has 9 heteroatoms. The lowest BCUT2D eigenvalue weighted by molar-refractivity contribution is 0.102. The van der Waals surface area contributed by atoms with Crippen molar-refractivity contribution in [1.29, 1.82) is 0 Å². The summed E-state index contributed by atoms with van der Waals surface area (Å²) in [7, 11) is 0. The van der Waals surface area contributed by atoms with Crippen LogP contribution < -0.4 is 16.0 Å². The van der Waals surface area contributed by atoms with Gasteiger partial charge in [-0.2, -0.15) is 5.10 Å². The van der Waals surface area contributed by atoms with Gasteiger partial charge in [0.15, 0.2) is 5.78 Å². The van der Waals surface area contributed by atoms with Crippen LogP contribution in [-0.2, 0) is 0 Å². The molecule has 3 N–H and O–H groups in total. The molecule has 2 aromatic carbocycles. The largest absolute Gasteiger partial charge is 0.494 e. The summed E-state index contributed by atoms with van der Waals surface area (Å²) in [5.41, 5.74) is 5.41. The fourth-order valence-corrected chi connectivity index (χ4v) is 3.14. The van der Waals surface area contributed by atoms with E-state index in [4.69, 9.17) is 10.6 Å². The van der Waals surface area contributed by atoms with Crippen LogP contribution in [0.2, 0.25) is 0 Å². The first-order valence-electron chi connectivity index (χ1n) is 9.02. The Morgan fingerprint density at radius 1 is 1.21 bits per heavy atom. The second kappa shape index (κ2) is 9.74. The van der Waals surface area contributed by atoms with Crippen molar-refractivity contribution >= 4 is 29.7 Å². The van der Waals surface area contributed by atoms with Crippen LogP contribution in [0.1, 0.15) is 28.4 Å². The molecule has 0 fully saturated rings. The number of aryl methyl sites for hydroxylation is 1. The van der Waals surface area contributed by atoms with Gasteiger partial charge in [-0.25, -0.2) is 10.1 Å². The van der Waals surface area contributed by atoms with Gasteiger partial charge in [0.1, 0.15) is 5.75 Å². The van der Waals surface area contributed by atoms with Crippen molar-refractivity contribution in [2.75, 3.05) is 23.6 Å². The highest BCUT2D eigenvalue weighted by molar-refractivity contribution is 7.99. The summed E-state index contributed by atoms with van der Waals surface area (Å²) in [6.45, 7) is 4.54. The fraction of sp³-hybridized carbons (Fsp3) is 0.200. The monoisotopic (exact) mass is 410 g/mol. The highest BCUT2D eigenvalue weighted by Gasteiger charge is 2.13. The third kappa shape index (κ3) is 5.58. The molecule has 0 saturated heterocycles. The molecule has 0 bridgehead atoms. The molecule has 150 valence electrons. The lowest BCUT2D eigenvalue weighted by Gasteiger charge is -2.04. The standard InChI is InChI=1S/C20H22N6O2S/c1-3-28-17-10-6-15(7-11-17)12-22-23-19-24-25-20(26(19)21)29-13-18(27)16-8-4-14(2)5-9-16/h4-12H,3,13,21H2,1-2H3,(H,23,24)/b22-12+. The predicted molar refractivity (Wildman–Crippen MR) is 115 cm³/mol. The van der Waals surface area contributed by atoms with E-state index in [2.05, 4.69) is 20.7 Å². The summed E-state index contributed by atoms with van der Waals surface area (Å²) >= 11 is 1.22. The number of rotatable bonds is 9. The van der Waals surface area contributed by atoms with E-state index in [1.54, 1.807) is 6.21 Å². The number of ether oxygens (including phenoxy) is 1. The van der Waals surface area contributed by atoms with Gasteiger partial charge >= 0.3 is 0 Å². The zero-order chi connectivity index (χ0) is 20.6. The zero-order valence-electron chi connectivity index (χ0n) is 16.2. The molecule has 0 aliphatic heterocycles. The van der Waals surface area contributed by atoms with Crippen LogP contribution >= 0.6 is 11.8 Å². The quantitative estimate of drug-likeness (QED) is 0.183. The molecule has 0 saturated carbocycles. The predicted octanol–water partition coefficient (Wildman–Crippen LogP) is 3.12. The highest BCUT2D eigenvalue weighted by atomic mass is 32.2. The number of nitrogens with one attached hydrogen (secondary N) is 1. The zero-order valence-corrected chi connectivity index (χ0v) is 17.0. The molecule has 3 rings (SSSR count). The molecule has 29 heavy (non-hydrogen) atoms. The molecule has 0 amide bonds. The van der Waals surface area contributed by atoms with Gasteiger partial charge in [-0.15, -0.1) is 10.2 Å². The normalized spacial score (nSPS) is 11.0. The van der Waals surface area contributed by atoms with Crippen molar-refractivity contribution in [2.45, 2.75) is 19.0 Å². The minimum absolute atomic E-state index is 0.000953. The molecule has 1 heterocycles. The van der Waals surface area contributed by atoms with Crippen LogP contribution in [0.15, 0.2) is 58.8 Å². The lowest BCUT2D eigenvalue weighted by Crippen LogP contribution is -2.14. The average Bonchev–Trinajstić information content (AvgIpc) is 3.08. The number of hydrogen-bond donors (Lipinski definition) is 2. The van der Waals surface area contributed by atoms with Gasteiger partial charge in [0, 0.05) is 5.56 Å². The van der Waals surface area contributed by atoms with E-state index in [-0.39, 0.29) is 17.5 Å². The second-order valence-corrected chi connectivity index (χ2v) is 7.07. The molecular formula is C20H22N6O2S. The first-order valence-corrected chi connectivity index (χ1v) is 10.0. The number of ketones is 1. The molecule has 0 aliphatic rings. The molecule has 3 aromatic rings. The Morgan fingerprint density at radius 2 is 1.93 bits per heavy atom. The Labute approximate surface area is 173 Å². The Bertz CT molecular complexity index is 983. The molecular weight excluding hydrogens is 388 g/mol. The summed E-state index contributed by atoms with van der Waals surface area (Å²) in [5, 5.41) is 12.5. The highest BCUT2D eigenvalue weighted by Crippen LogP contribution is 2.18. The van der Waals surface area contributed by atoms with Crippen molar-refractivity contribution in [3.05, 3.63) is 65.2 Å². The molecule has 0 aliphatic carbocycles. The summed E-state index contributed by atoms with van der Waals surface area (Å²) in [6.07, 6.45) is 1.64. The van der Waals surface area contributed by atoms with E-state index in [0.29, 0.717) is 17.3 Å². The van der Waals surface area contributed by atoms with Gasteiger partial charge in [-0.1, -0.05) is 41.6 Å². The molecule has 0 radical (unpaired) electrons. The maximum absolute atomic E-state index is 12.3. The maximum atomic E-state index is 12.3. The van der Waals surface area contributed by atoms with Gasteiger partial charge in [0.25, 0.3) is 5.95 Å². The van der Waals surface area contributed by atoms with Gasteiger partial charge in [-0.3, -0.25) is 4.79 Å². The van der Waals surface area contributed by atoms with E-state index in [9.17, 15) is 4.79 Å². The van der Waals surface area contributed by atoms with Crippen LogP contribution in [0.25, 0.3) is 0 Å². The van der Waals surface area contributed by atoms with Crippen LogP contribution in [0.5, 0.6) is 5.75 Å². The number of carbonyl (C=O) groups excluding carboxylic acids is 1. The SMILES string of the molecule is CCOc1ccc(/C=N/Nc2nnc(SCC(=O)c3ccc(C)cc3)n2N)cc1. The van der Waals surface area contributed by atoms with Crippen LogP contribution in [0.4, 0.5) is 5.95 Å². The number of thioether (sulfide) groups is 1. The lowest BCUT2D eigenvalue weighted by atomic mass is 10.1. The molecule has 0 unspecified atom stereocenters. The fourth-order valence-electron chi connectivity index (χ4n) is 2.39. The molecule has 0 spiro atoms. The number of benzene rings is 2. The smallest absolute Gasteiger partial charge is 0.264 e. The van der Waals surface area contributed by atoms with Crippen molar-refractivity contribution in [2.24, 2.45) is 5.10 Å². The Morgan fingerprint density at radius 3 is 2.62 bits per heavy atom. The summed E-state index contributed by atoms with van der Waals surface area (Å²) in [5.74, 6) is 7.29. The summed E-state index contributed by atoms with van der Waals surface area (Å²) in [6, 6.07) is 15.0. The van der Waals surface area contributed by atoms with E-state index in [1.807, 2.05) is 62.4 Å². The number of nitrogens with two attached hydrogens (primary N) is 1. The molecule has 0 atom stereocenters. The molecule has 1 aromatic heterocycles. The van der Waals surface area contributed by atoms with Crippen LogP contribution in [0.3, 0.4) is 0 Å². The number of nitrogen functional groups attached to an aromatic ring is 1. The van der Waals surface area contributed by atoms with Gasteiger partial charge in [0.05, 0.1) is 18.6 Å². The summed E-state index contributed by atoms with van der Waals surface area (Å²) in [4.78, 5) is 12.3. The van der Waals surface area contributed by atoms with Crippen molar-refractivity contribution < 1.29 is 9.53 Å². The van der Waals surface area contributed by atoms with Gasteiger partial charge < -0.3 is 10.6 Å².